The van der Waals surface area contributed by atoms with Gasteiger partial charge in [0.1, 0.15) is 5.82 Å². The molecular formula is C17H16ClN3O3. The van der Waals surface area contributed by atoms with E-state index in [1.807, 2.05) is 0 Å². The van der Waals surface area contributed by atoms with Gasteiger partial charge < -0.3 is 10.1 Å². The van der Waals surface area contributed by atoms with Crippen LogP contribution >= 0.6 is 11.6 Å². The lowest BCUT2D eigenvalue weighted by Gasteiger charge is -2.39. The number of carbonyl (C=O) groups is 2. The van der Waals surface area contributed by atoms with Crippen LogP contribution in [0.1, 0.15) is 35.2 Å². The molecule has 0 unspecified atom stereocenters. The Balaban J connectivity index is 1.75. The van der Waals surface area contributed by atoms with Gasteiger partial charge in [0.05, 0.1) is 23.1 Å². The number of anilines is 1. The largest absolute Gasteiger partial charge is 0.468 e. The number of halogens is 1. The van der Waals surface area contributed by atoms with Crippen molar-refractivity contribution in [2.45, 2.75) is 24.7 Å². The van der Waals surface area contributed by atoms with Crippen LogP contribution in [0, 0.1) is 0 Å². The molecule has 1 amide bonds. The molecule has 1 N–H and O–H groups in total. The quantitative estimate of drug-likeness (QED) is 0.861. The molecule has 0 bridgehead atoms. The number of aromatic nitrogens is 2. The number of hydrogen-bond donors (Lipinski definition) is 1. The number of hydrogen-bond acceptors (Lipinski definition) is 5. The second kappa shape index (κ2) is 6.57. The van der Waals surface area contributed by atoms with E-state index in [1.54, 1.807) is 18.3 Å². The van der Waals surface area contributed by atoms with E-state index in [1.165, 1.54) is 25.6 Å². The van der Waals surface area contributed by atoms with Crippen LogP contribution in [0.15, 0.2) is 36.8 Å². The maximum Gasteiger partial charge on any atom is 0.316 e. The summed E-state index contributed by atoms with van der Waals surface area (Å²) in [5, 5.41) is 3.06. The number of carbonyl (C=O) groups excluding carboxylic acids is 2. The zero-order valence-electron chi connectivity index (χ0n) is 13.1. The van der Waals surface area contributed by atoms with Gasteiger partial charge in [-0.2, -0.15) is 0 Å². The minimum Gasteiger partial charge on any atom is -0.468 e. The van der Waals surface area contributed by atoms with E-state index in [2.05, 4.69) is 15.3 Å². The van der Waals surface area contributed by atoms with Crippen LogP contribution in [0.3, 0.4) is 0 Å². The summed E-state index contributed by atoms with van der Waals surface area (Å²) in [5.74, 6) is -0.197. The highest BCUT2D eigenvalue weighted by atomic mass is 35.5. The van der Waals surface area contributed by atoms with Crippen molar-refractivity contribution in [1.29, 1.82) is 0 Å². The molecule has 0 saturated heterocycles. The fourth-order valence-electron chi connectivity index (χ4n) is 2.81. The monoisotopic (exact) mass is 345 g/mol. The first kappa shape index (κ1) is 16.4. The third-order valence-corrected chi connectivity index (χ3v) is 4.51. The van der Waals surface area contributed by atoms with Crippen molar-refractivity contribution in [3.05, 3.63) is 52.9 Å². The Morgan fingerprint density at radius 3 is 2.58 bits per heavy atom. The van der Waals surface area contributed by atoms with Crippen molar-refractivity contribution < 1.29 is 14.3 Å². The Kier molecular flexibility index (Phi) is 4.49. The summed E-state index contributed by atoms with van der Waals surface area (Å²) in [6.07, 6.45) is 6.98. The van der Waals surface area contributed by atoms with Gasteiger partial charge in [-0.3, -0.25) is 14.6 Å². The lowest BCUT2D eigenvalue weighted by molar-refractivity contribution is -0.151. The van der Waals surface area contributed by atoms with Gasteiger partial charge in [-0.05, 0) is 30.5 Å². The van der Waals surface area contributed by atoms with Crippen molar-refractivity contribution in [3.63, 3.8) is 0 Å². The Labute approximate surface area is 144 Å². The van der Waals surface area contributed by atoms with Gasteiger partial charge in [0, 0.05) is 18.6 Å². The molecule has 7 heteroatoms. The highest BCUT2D eigenvalue weighted by molar-refractivity contribution is 6.30. The second-order valence-corrected chi connectivity index (χ2v) is 6.14. The Morgan fingerprint density at radius 2 is 2.04 bits per heavy atom. The second-order valence-electron chi connectivity index (χ2n) is 5.71. The predicted octanol–water partition coefficient (Wildman–Crippen LogP) is 2.98. The van der Waals surface area contributed by atoms with Crippen LogP contribution in [0.2, 0.25) is 5.02 Å². The molecular weight excluding hydrogens is 330 g/mol. The summed E-state index contributed by atoms with van der Waals surface area (Å²) >= 11 is 5.83. The highest BCUT2D eigenvalue weighted by Crippen LogP contribution is 2.44. The van der Waals surface area contributed by atoms with Crippen LogP contribution in [-0.4, -0.2) is 29.0 Å². The molecule has 124 valence electrons. The number of rotatable bonds is 4. The van der Waals surface area contributed by atoms with Gasteiger partial charge >= 0.3 is 5.97 Å². The topological polar surface area (TPSA) is 81.2 Å². The standard InChI is InChI=1S/C17H16ClN3O3/c1-24-16(23)17(5-2-6-17)12-3-4-14(20-9-12)21-15(22)11-7-13(18)10-19-8-11/h3-4,7-10H,2,5-6H2,1H3,(H,20,21,22). The third kappa shape index (κ3) is 2.97. The number of amides is 1. The van der Waals surface area contributed by atoms with Crippen molar-refractivity contribution in [1.82, 2.24) is 9.97 Å². The first-order chi connectivity index (χ1) is 11.5. The van der Waals surface area contributed by atoms with E-state index in [0.29, 0.717) is 16.4 Å². The maximum atomic E-state index is 12.1. The lowest BCUT2D eigenvalue weighted by atomic mass is 9.65. The van der Waals surface area contributed by atoms with Crippen LogP contribution in [0.25, 0.3) is 0 Å². The first-order valence-corrected chi connectivity index (χ1v) is 7.90. The average Bonchev–Trinajstić information content (AvgIpc) is 2.55. The van der Waals surface area contributed by atoms with Gasteiger partial charge in [-0.25, -0.2) is 4.98 Å². The van der Waals surface area contributed by atoms with Crippen molar-refractivity contribution in [3.8, 4) is 0 Å². The zero-order chi connectivity index (χ0) is 17.2. The lowest BCUT2D eigenvalue weighted by Crippen LogP contribution is -2.43. The summed E-state index contributed by atoms with van der Waals surface area (Å²) in [7, 11) is 1.39. The first-order valence-electron chi connectivity index (χ1n) is 7.52. The number of nitrogens with zero attached hydrogens (tertiary/aromatic N) is 2. The number of esters is 1. The Hall–Kier alpha value is -2.47. The zero-order valence-corrected chi connectivity index (χ0v) is 13.8. The predicted molar refractivity (Wildman–Crippen MR) is 89.0 cm³/mol. The highest BCUT2D eigenvalue weighted by Gasteiger charge is 2.47. The summed E-state index contributed by atoms with van der Waals surface area (Å²) in [5.41, 5.74) is 0.558. The number of ether oxygens (including phenoxy) is 1. The Bertz CT molecular complexity index is 773. The van der Waals surface area contributed by atoms with Gasteiger partial charge in [-0.1, -0.05) is 24.1 Å². The maximum absolute atomic E-state index is 12.1. The van der Waals surface area contributed by atoms with Crippen LogP contribution in [0.4, 0.5) is 5.82 Å². The molecule has 0 atom stereocenters. The SMILES string of the molecule is COC(=O)C1(c2ccc(NC(=O)c3cncc(Cl)c3)nc2)CCC1. The minimum atomic E-state index is -0.596. The molecule has 1 fully saturated rings. The number of nitrogens with one attached hydrogen (secondary N) is 1. The molecule has 6 nitrogen and oxygen atoms in total. The fraction of sp³-hybridized carbons (Fsp3) is 0.294. The molecule has 2 heterocycles. The van der Waals surface area contributed by atoms with Crippen LogP contribution in [0.5, 0.6) is 0 Å². The van der Waals surface area contributed by atoms with Crippen LogP contribution < -0.4 is 5.32 Å². The molecule has 0 aromatic carbocycles. The van der Waals surface area contributed by atoms with Gasteiger partial charge in [0.2, 0.25) is 0 Å². The average molecular weight is 346 g/mol. The van der Waals surface area contributed by atoms with E-state index >= 15 is 0 Å². The number of pyridine rings is 2. The summed E-state index contributed by atoms with van der Waals surface area (Å²) in [4.78, 5) is 32.3. The van der Waals surface area contributed by atoms with Gasteiger partial charge in [-0.15, -0.1) is 0 Å². The summed E-state index contributed by atoms with van der Waals surface area (Å²) < 4.78 is 4.92. The summed E-state index contributed by atoms with van der Waals surface area (Å²) in [6, 6.07) is 5.00. The molecule has 1 aliphatic rings. The molecule has 24 heavy (non-hydrogen) atoms. The Morgan fingerprint density at radius 1 is 1.25 bits per heavy atom. The third-order valence-electron chi connectivity index (χ3n) is 4.31. The number of methoxy groups -OCH3 is 1. The van der Waals surface area contributed by atoms with E-state index < -0.39 is 5.41 Å². The summed E-state index contributed by atoms with van der Waals surface area (Å²) in [6.45, 7) is 0. The molecule has 1 saturated carbocycles. The molecule has 2 aromatic rings. The normalized spacial score (nSPS) is 15.2. The molecule has 0 aliphatic heterocycles. The molecule has 0 radical (unpaired) electrons. The molecule has 2 aromatic heterocycles. The van der Waals surface area contributed by atoms with Crippen LogP contribution in [-0.2, 0) is 14.9 Å². The molecule has 1 aliphatic carbocycles. The van der Waals surface area contributed by atoms with E-state index in [-0.39, 0.29) is 11.9 Å². The van der Waals surface area contributed by atoms with Crippen molar-refractivity contribution >= 4 is 29.3 Å². The smallest absolute Gasteiger partial charge is 0.316 e. The molecule has 3 rings (SSSR count). The van der Waals surface area contributed by atoms with Crippen molar-refractivity contribution in [2.75, 3.05) is 12.4 Å². The molecule has 0 spiro atoms. The van der Waals surface area contributed by atoms with E-state index in [0.717, 1.165) is 24.8 Å². The minimum absolute atomic E-state index is 0.239. The van der Waals surface area contributed by atoms with Gasteiger partial charge in [0.15, 0.2) is 0 Å². The van der Waals surface area contributed by atoms with E-state index in [9.17, 15) is 9.59 Å². The fourth-order valence-corrected chi connectivity index (χ4v) is 2.99. The van der Waals surface area contributed by atoms with Crippen molar-refractivity contribution in [2.24, 2.45) is 0 Å². The van der Waals surface area contributed by atoms with E-state index in [4.69, 9.17) is 16.3 Å². The van der Waals surface area contributed by atoms with Gasteiger partial charge in [0.25, 0.3) is 5.91 Å².